The van der Waals surface area contributed by atoms with E-state index in [0.717, 1.165) is 25.3 Å². The van der Waals surface area contributed by atoms with Gasteiger partial charge in [0.05, 0.1) is 6.61 Å². The maximum Gasteiger partial charge on any atom is 0.218 e. The lowest BCUT2D eigenvalue weighted by Gasteiger charge is -2.30. The van der Waals surface area contributed by atoms with Crippen LogP contribution >= 0.6 is 0 Å². The van der Waals surface area contributed by atoms with Crippen molar-refractivity contribution >= 4 is 5.82 Å². The molecule has 1 aromatic rings. The number of rotatable bonds is 7. The van der Waals surface area contributed by atoms with Crippen LogP contribution in [-0.4, -0.2) is 41.7 Å². The van der Waals surface area contributed by atoms with Crippen molar-refractivity contribution in [3.05, 3.63) is 12.4 Å². The minimum atomic E-state index is 0.409. The van der Waals surface area contributed by atoms with Gasteiger partial charge in [-0.3, -0.25) is 0 Å². The van der Waals surface area contributed by atoms with Crippen LogP contribution in [0.4, 0.5) is 5.82 Å². The Kier molecular flexibility index (Phi) is 5.59. The van der Waals surface area contributed by atoms with Crippen LogP contribution in [0.5, 0.6) is 5.88 Å². The van der Waals surface area contributed by atoms with Crippen LogP contribution in [0, 0.1) is 0 Å². The van der Waals surface area contributed by atoms with Gasteiger partial charge in [0.15, 0.2) is 0 Å². The minimum Gasteiger partial charge on any atom is -0.478 e. The molecule has 1 aliphatic heterocycles. The van der Waals surface area contributed by atoms with Gasteiger partial charge in [-0.05, 0) is 39.7 Å². The first-order valence-corrected chi connectivity index (χ1v) is 7.65. The number of hydrogen-bond donors (Lipinski definition) is 1. The minimum absolute atomic E-state index is 0.409. The summed E-state index contributed by atoms with van der Waals surface area (Å²) in [5.74, 6) is 1.62. The first-order valence-electron chi connectivity index (χ1n) is 7.65. The highest BCUT2D eigenvalue weighted by atomic mass is 16.5. The highest BCUT2D eigenvalue weighted by Crippen LogP contribution is 2.20. The molecule has 0 saturated carbocycles. The maximum atomic E-state index is 5.60. The number of ether oxygens (including phenoxy) is 1. The Hall–Kier alpha value is -1.36. The van der Waals surface area contributed by atoms with Crippen molar-refractivity contribution in [2.45, 2.75) is 52.1 Å². The predicted octanol–water partition coefficient (Wildman–Crippen LogP) is 2.23. The fraction of sp³-hybridized carbons (Fsp3) is 0.733. The van der Waals surface area contributed by atoms with Gasteiger partial charge in [-0.25, -0.2) is 9.97 Å². The lowest BCUT2D eigenvalue weighted by atomic mass is 10.2. The molecule has 20 heavy (non-hydrogen) atoms. The molecule has 1 fully saturated rings. The van der Waals surface area contributed by atoms with E-state index in [1.54, 1.807) is 6.33 Å². The average molecular weight is 278 g/mol. The second kappa shape index (κ2) is 7.43. The highest BCUT2D eigenvalue weighted by molar-refractivity contribution is 5.42. The van der Waals surface area contributed by atoms with Gasteiger partial charge >= 0.3 is 0 Å². The van der Waals surface area contributed by atoms with Crippen molar-refractivity contribution in [2.75, 3.05) is 24.6 Å². The summed E-state index contributed by atoms with van der Waals surface area (Å²) in [5, 5.41) is 3.54. The monoisotopic (exact) mass is 278 g/mol. The lowest BCUT2D eigenvalue weighted by Crippen LogP contribution is -2.41. The second-order valence-corrected chi connectivity index (χ2v) is 5.60. The van der Waals surface area contributed by atoms with Gasteiger partial charge in [0.25, 0.3) is 0 Å². The number of anilines is 1. The van der Waals surface area contributed by atoms with E-state index >= 15 is 0 Å². The first kappa shape index (κ1) is 15.0. The smallest absolute Gasteiger partial charge is 0.218 e. The molecule has 0 amide bonds. The summed E-state index contributed by atoms with van der Waals surface area (Å²) in [6.45, 7) is 9.30. The van der Waals surface area contributed by atoms with Gasteiger partial charge < -0.3 is 15.0 Å². The van der Waals surface area contributed by atoms with Gasteiger partial charge in [0.1, 0.15) is 12.1 Å². The van der Waals surface area contributed by atoms with Gasteiger partial charge in [-0.2, -0.15) is 0 Å². The van der Waals surface area contributed by atoms with E-state index in [1.165, 1.54) is 12.8 Å². The van der Waals surface area contributed by atoms with Gasteiger partial charge in [0, 0.05) is 24.7 Å². The third kappa shape index (κ3) is 4.07. The largest absolute Gasteiger partial charge is 0.478 e. The molecule has 0 bridgehead atoms. The molecule has 0 aromatic carbocycles. The molecule has 1 aliphatic rings. The van der Waals surface area contributed by atoms with Crippen molar-refractivity contribution in [3.63, 3.8) is 0 Å². The van der Waals surface area contributed by atoms with E-state index in [9.17, 15) is 0 Å². The molecule has 1 unspecified atom stereocenters. The number of nitrogens with zero attached hydrogens (tertiary/aromatic N) is 3. The topological polar surface area (TPSA) is 50.3 Å². The van der Waals surface area contributed by atoms with Crippen molar-refractivity contribution in [3.8, 4) is 5.88 Å². The molecule has 0 spiro atoms. The summed E-state index contributed by atoms with van der Waals surface area (Å²) in [7, 11) is 0. The van der Waals surface area contributed by atoms with E-state index < -0.39 is 0 Å². The van der Waals surface area contributed by atoms with Crippen LogP contribution in [0.1, 0.15) is 40.0 Å². The second-order valence-electron chi connectivity index (χ2n) is 5.60. The molecule has 2 heterocycles. The van der Waals surface area contributed by atoms with Crippen molar-refractivity contribution in [1.82, 2.24) is 15.3 Å². The van der Waals surface area contributed by atoms with E-state index in [1.807, 2.05) is 6.07 Å². The highest BCUT2D eigenvalue weighted by Gasteiger charge is 2.21. The maximum absolute atomic E-state index is 5.60. The zero-order valence-electron chi connectivity index (χ0n) is 12.8. The normalized spacial score (nSPS) is 18.5. The Bertz CT molecular complexity index is 405. The van der Waals surface area contributed by atoms with Crippen LogP contribution in [-0.2, 0) is 0 Å². The van der Waals surface area contributed by atoms with E-state index in [4.69, 9.17) is 4.74 Å². The van der Waals surface area contributed by atoms with Gasteiger partial charge in [0.2, 0.25) is 5.88 Å². The van der Waals surface area contributed by atoms with Gasteiger partial charge in [-0.15, -0.1) is 0 Å². The molecule has 2 rings (SSSR count). The molecule has 5 nitrogen and oxygen atoms in total. The number of aromatic nitrogens is 2. The fourth-order valence-electron chi connectivity index (χ4n) is 2.49. The average Bonchev–Trinajstić information content (AvgIpc) is 2.95. The van der Waals surface area contributed by atoms with Gasteiger partial charge in [-0.1, -0.05) is 6.92 Å². The summed E-state index contributed by atoms with van der Waals surface area (Å²) in [4.78, 5) is 10.9. The Morgan fingerprint density at radius 3 is 2.95 bits per heavy atom. The SMILES string of the molecule is CCCOc1cc(N(CC2CCCN2)C(C)C)ncn1. The molecule has 5 heteroatoms. The third-order valence-electron chi connectivity index (χ3n) is 3.58. The molecule has 1 saturated heterocycles. The van der Waals surface area contributed by atoms with Crippen LogP contribution in [0.15, 0.2) is 12.4 Å². The van der Waals surface area contributed by atoms with Crippen LogP contribution in [0.3, 0.4) is 0 Å². The summed E-state index contributed by atoms with van der Waals surface area (Å²) in [6, 6.07) is 2.92. The predicted molar refractivity (Wildman–Crippen MR) is 81.3 cm³/mol. The number of hydrogen-bond acceptors (Lipinski definition) is 5. The molecule has 1 aromatic heterocycles. The zero-order chi connectivity index (χ0) is 14.4. The van der Waals surface area contributed by atoms with Crippen LogP contribution < -0.4 is 15.0 Å². The summed E-state index contributed by atoms with van der Waals surface area (Å²) in [6.07, 6.45) is 5.09. The summed E-state index contributed by atoms with van der Waals surface area (Å²) >= 11 is 0. The summed E-state index contributed by atoms with van der Waals surface area (Å²) in [5.41, 5.74) is 0. The fourth-order valence-corrected chi connectivity index (χ4v) is 2.49. The molecular formula is C15H26N4O. The number of nitrogens with one attached hydrogen (secondary N) is 1. The Morgan fingerprint density at radius 2 is 2.30 bits per heavy atom. The molecular weight excluding hydrogens is 252 g/mol. The first-order chi connectivity index (χ1) is 9.70. The van der Waals surface area contributed by atoms with Crippen LogP contribution in [0.25, 0.3) is 0 Å². The third-order valence-corrected chi connectivity index (χ3v) is 3.58. The van der Waals surface area contributed by atoms with E-state index in [0.29, 0.717) is 24.6 Å². The van der Waals surface area contributed by atoms with Crippen molar-refractivity contribution < 1.29 is 4.74 Å². The Balaban J connectivity index is 2.07. The molecule has 112 valence electrons. The molecule has 1 atom stereocenters. The Labute approximate surface area is 121 Å². The zero-order valence-corrected chi connectivity index (χ0v) is 12.8. The van der Waals surface area contributed by atoms with E-state index in [-0.39, 0.29) is 0 Å². The molecule has 0 radical (unpaired) electrons. The lowest BCUT2D eigenvalue weighted by molar-refractivity contribution is 0.304. The summed E-state index contributed by atoms with van der Waals surface area (Å²) < 4.78 is 5.60. The van der Waals surface area contributed by atoms with Crippen LogP contribution in [0.2, 0.25) is 0 Å². The molecule has 1 N–H and O–H groups in total. The standard InChI is InChI=1S/C15H26N4O/c1-4-8-20-15-9-14(17-11-18-15)19(12(2)3)10-13-6-5-7-16-13/h9,11-13,16H,4-8,10H2,1-3H3. The van der Waals surface area contributed by atoms with Crippen molar-refractivity contribution in [2.24, 2.45) is 0 Å². The molecule has 0 aliphatic carbocycles. The quantitative estimate of drug-likeness (QED) is 0.829. The Morgan fingerprint density at radius 1 is 1.45 bits per heavy atom. The van der Waals surface area contributed by atoms with Crippen molar-refractivity contribution in [1.29, 1.82) is 0 Å². The van der Waals surface area contributed by atoms with E-state index in [2.05, 4.69) is 41.0 Å².